The molecule has 0 atom stereocenters. The van der Waals surface area contributed by atoms with E-state index in [4.69, 9.17) is 0 Å². The van der Waals surface area contributed by atoms with Gasteiger partial charge < -0.3 is 5.32 Å². The number of nitrogens with one attached hydrogen (secondary N) is 2. The molecule has 0 aliphatic carbocycles. The van der Waals surface area contributed by atoms with Crippen molar-refractivity contribution in [1.82, 2.24) is 9.71 Å². The Morgan fingerprint density at radius 1 is 1.04 bits per heavy atom. The number of anilines is 1. The van der Waals surface area contributed by atoms with Crippen molar-refractivity contribution in [3.8, 4) is 0 Å². The lowest BCUT2D eigenvalue weighted by Crippen LogP contribution is -2.28. The van der Waals surface area contributed by atoms with Crippen LogP contribution in [0.1, 0.15) is 23.0 Å². The first-order valence-corrected chi connectivity index (χ1v) is 9.66. The molecule has 2 N–H and O–H groups in total. The minimum atomic E-state index is -3.96. The third kappa shape index (κ3) is 4.15. The Morgan fingerprint density at radius 2 is 1.71 bits per heavy atom. The summed E-state index contributed by atoms with van der Waals surface area (Å²) in [6.07, 6.45) is 0. The summed E-state index contributed by atoms with van der Waals surface area (Å²) in [5.74, 6) is -1.68. The summed E-state index contributed by atoms with van der Waals surface area (Å²) in [7, 11) is -3.96. The van der Waals surface area contributed by atoms with E-state index in [9.17, 15) is 22.4 Å². The fourth-order valence-corrected chi connectivity index (χ4v) is 3.67. The number of pyridine rings is 1. The molecule has 2 aromatic carbocycles. The lowest BCUT2D eigenvalue weighted by Gasteiger charge is -2.10. The minimum absolute atomic E-state index is 0.118. The Hall–Kier alpha value is -3.33. The van der Waals surface area contributed by atoms with Crippen LogP contribution in [-0.2, 0) is 14.8 Å². The zero-order chi connectivity index (χ0) is 20.5. The van der Waals surface area contributed by atoms with Crippen LogP contribution in [0, 0.1) is 12.7 Å². The molecule has 1 heterocycles. The molecule has 28 heavy (non-hydrogen) atoms. The van der Waals surface area contributed by atoms with E-state index >= 15 is 0 Å². The lowest BCUT2D eigenvalue weighted by molar-refractivity contribution is -0.117. The van der Waals surface area contributed by atoms with Crippen LogP contribution in [0.5, 0.6) is 0 Å². The Balaban J connectivity index is 1.89. The third-order valence-electron chi connectivity index (χ3n) is 3.84. The fraction of sp³-hybridized carbons (Fsp3) is 0.105. The number of aryl methyl sites for hydroxylation is 1. The maximum Gasteiger partial charge on any atom is 0.264 e. The number of hydrogen-bond donors (Lipinski definition) is 2. The molecule has 9 heteroatoms. The van der Waals surface area contributed by atoms with Crippen molar-refractivity contribution in [3.63, 3.8) is 0 Å². The van der Waals surface area contributed by atoms with E-state index in [2.05, 4.69) is 10.3 Å². The van der Waals surface area contributed by atoms with Gasteiger partial charge in [0.2, 0.25) is 5.91 Å². The molecule has 1 aromatic heterocycles. The molecular formula is C19H16FN3O4S. The number of hydrogen-bond acceptors (Lipinski definition) is 5. The van der Waals surface area contributed by atoms with E-state index in [1.54, 1.807) is 13.0 Å². The van der Waals surface area contributed by atoms with E-state index in [1.165, 1.54) is 42.5 Å². The van der Waals surface area contributed by atoms with Gasteiger partial charge in [-0.3, -0.25) is 14.6 Å². The first-order chi connectivity index (χ1) is 13.2. The second-order valence-corrected chi connectivity index (χ2v) is 7.80. The van der Waals surface area contributed by atoms with Crippen LogP contribution in [0.2, 0.25) is 0 Å². The molecule has 7 nitrogen and oxygen atoms in total. The highest BCUT2D eigenvalue weighted by atomic mass is 32.2. The van der Waals surface area contributed by atoms with Crippen molar-refractivity contribution >= 4 is 38.4 Å². The Morgan fingerprint density at radius 3 is 2.36 bits per heavy atom. The molecule has 0 saturated heterocycles. The SMILES string of the molecule is CC(=O)NS(=O)(=O)c1ccc(NC(=O)c2cc(C)nc3ccc(F)cc23)cc1. The number of nitrogens with zero attached hydrogens (tertiary/aromatic N) is 1. The molecule has 0 fully saturated rings. The molecule has 2 amide bonds. The molecule has 3 rings (SSSR count). The number of halogens is 1. The highest BCUT2D eigenvalue weighted by Gasteiger charge is 2.16. The number of benzene rings is 2. The van der Waals surface area contributed by atoms with Crippen molar-refractivity contribution in [1.29, 1.82) is 0 Å². The molecule has 0 aliphatic heterocycles. The molecule has 0 radical (unpaired) electrons. The van der Waals surface area contributed by atoms with Gasteiger partial charge in [-0.15, -0.1) is 0 Å². The summed E-state index contributed by atoms with van der Waals surface area (Å²) in [6.45, 7) is 2.82. The number of rotatable bonds is 4. The summed E-state index contributed by atoms with van der Waals surface area (Å²) in [5, 5.41) is 3.01. The maximum atomic E-state index is 13.6. The number of amides is 2. The smallest absolute Gasteiger partial charge is 0.264 e. The van der Waals surface area contributed by atoms with Crippen LogP contribution in [0.25, 0.3) is 10.9 Å². The Labute approximate surface area is 160 Å². The molecule has 0 saturated carbocycles. The second-order valence-electron chi connectivity index (χ2n) is 6.11. The van der Waals surface area contributed by atoms with Crippen LogP contribution in [0.3, 0.4) is 0 Å². The van der Waals surface area contributed by atoms with Gasteiger partial charge in [0.15, 0.2) is 0 Å². The average Bonchev–Trinajstić information content (AvgIpc) is 2.60. The van der Waals surface area contributed by atoms with Gasteiger partial charge in [-0.1, -0.05) is 0 Å². The zero-order valence-corrected chi connectivity index (χ0v) is 15.8. The van der Waals surface area contributed by atoms with Crippen LogP contribution in [0.4, 0.5) is 10.1 Å². The maximum absolute atomic E-state index is 13.6. The molecule has 0 bridgehead atoms. The minimum Gasteiger partial charge on any atom is -0.322 e. The first kappa shape index (κ1) is 19.4. The predicted octanol–water partition coefficient (Wildman–Crippen LogP) is 2.76. The molecule has 0 aliphatic rings. The highest BCUT2D eigenvalue weighted by Crippen LogP contribution is 2.22. The van der Waals surface area contributed by atoms with Crippen molar-refractivity contribution in [2.45, 2.75) is 18.7 Å². The van der Waals surface area contributed by atoms with Gasteiger partial charge in [-0.05, 0) is 55.5 Å². The van der Waals surface area contributed by atoms with Crippen LogP contribution >= 0.6 is 0 Å². The van der Waals surface area contributed by atoms with E-state index in [0.717, 1.165) is 6.92 Å². The molecule has 3 aromatic rings. The van der Waals surface area contributed by atoms with Crippen molar-refractivity contribution in [3.05, 3.63) is 65.6 Å². The standard InChI is InChI=1S/C19H16FN3O4S/c1-11-9-17(16-10-13(20)3-8-18(16)21-11)19(25)22-14-4-6-15(7-5-14)28(26,27)23-12(2)24/h3-10H,1-2H3,(H,22,25)(H,23,24). The summed E-state index contributed by atoms with van der Waals surface area (Å²) < 4.78 is 39.4. The zero-order valence-electron chi connectivity index (χ0n) is 15.0. The summed E-state index contributed by atoms with van der Waals surface area (Å²) in [4.78, 5) is 27.8. The summed E-state index contributed by atoms with van der Waals surface area (Å²) in [6, 6.07) is 10.9. The van der Waals surface area contributed by atoms with Gasteiger partial charge >= 0.3 is 0 Å². The summed E-state index contributed by atoms with van der Waals surface area (Å²) in [5.41, 5.74) is 1.67. The van der Waals surface area contributed by atoms with E-state index in [-0.39, 0.29) is 10.5 Å². The third-order valence-corrected chi connectivity index (χ3v) is 5.29. The van der Waals surface area contributed by atoms with Crippen LogP contribution < -0.4 is 10.0 Å². The number of sulfonamides is 1. The van der Waals surface area contributed by atoms with Gasteiger partial charge in [0.05, 0.1) is 16.0 Å². The van der Waals surface area contributed by atoms with Crippen LogP contribution in [-0.4, -0.2) is 25.2 Å². The van der Waals surface area contributed by atoms with Crippen molar-refractivity contribution in [2.75, 3.05) is 5.32 Å². The monoisotopic (exact) mass is 401 g/mol. The second kappa shape index (κ2) is 7.35. The topological polar surface area (TPSA) is 105 Å². The number of carbonyl (C=O) groups is 2. The first-order valence-electron chi connectivity index (χ1n) is 8.17. The quantitative estimate of drug-likeness (QED) is 0.699. The van der Waals surface area contributed by atoms with Gasteiger partial charge in [-0.2, -0.15) is 0 Å². The number of aromatic nitrogens is 1. The molecule has 0 spiro atoms. The van der Waals surface area contributed by atoms with Gasteiger partial charge in [0, 0.05) is 23.7 Å². The summed E-state index contributed by atoms with van der Waals surface area (Å²) >= 11 is 0. The molecule has 0 unspecified atom stereocenters. The highest BCUT2D eigenvalue weighted by molar-refractivity contribution is 7.90. The predicted molar refractivity (Wildman–Crippen MR) is 102 cm³/mol. The van der Waals surface area contributed by atoms with E-state index in [0.29, 0.717) is 22.3 Å². The fourth-order valence-electron chi connectivity index (χ4n) is 2.68. The Kier molecular flexibility index (Phi) is 5.10. The van der Waals surface area contributed by atoms with Crippen molar-refractivity contribution < 1.29 is 22.4 Å². The average molecular weight is 401 g/mol. The van der Waals surface area contributed by atoms with Gasteiger partial charge in [0.1, 0.15) is 5.82 Å². The van der Waals surface area contributed by atoms with E-state index < -0.39 is 27.7 Å². The van der Waals surface area contributed by atoms with Crippen molar-refractivity contribution in [2.24, 2.45) is 0 Å². The van der Waals surface area contributed by atoms with Gasteiger partial charge in [0.25, 0.3) is 15.9 Å². The van der Waals surface area contributed by atoms with E-state index in [1.807, 2.05) is 4.72 Å². The van der Waals surface area contributed by atoms with Crippen LogP contribution in [0.15, 0.2) is 53.4 Å². The molecule has 144 valence electrons. The Bertz CT molecular complexity index is 1190. The normalized spacial score (nSPS) is 11.2. The molecular weight excluding hydrogens is 385 g/mol. The number of fused-ring (bicyclic) bond motifs is 1. The number of carbonyl (C=O) groups excluding carboxylic acids is 2. The largest absolute Gasteiger partial charge is 0.322 e. The van der Waals surface area contributed by atoms with Gasteiger partial charge in [-0.25, -0.2) is 17.5 Å². The lowest BCUT2D eigenvalue weighted by atomic mass is 10.1.